The Balaban J connectivity index is 1.96. The Kier molecular flexibility index (Phi) is 6.39. The van der Waals surface area contributed by atoms with Crippen LogP contribution in [-0.4, -0.2) is 12.4 Å². The summed E-state index contributed by atoms with van der Waals surface area (Å²) in [6.45, 7) is 1.94. The highest BCUT2D eigenvalue weighted by Crippen LogP contribution is 2.21. The minimum absolute atomic E-state index is 0.0858. The van der Waals surface area contributed by atoms with Gasteiger partial charge in [0, 0.05) is 6.42 Å². The molecule has 0 spiro atoms. The molecule has 0 unspecified atom stereocenters. The van der Waals surface area contributed by atoms with Crippen molar-refractivity contribution in [3.63, 3.8) is 0 Å². The van der Waals surface area contributed by atoms with Crippen LogP contribution >= 0.6 is 0 Å². The highest BCUT2D eigenvalue weighted by Gasteiger charge is 2.07. The van der Waals surface area contributed by atoms with E-state index in [4.69, 9.17) is 15.9 Å². The van der Waals surface area contributed by atoms with Gasteiger partial charge in [-0.2, -0.15) is 0 Å². The van der Waals surface area contributed by atoms with Gasteiger partial charge >= 0.3 is 0 Å². The molecule has 0 amide bonds. The SMILES string of the molecule is C#CCOc1cccc(COc2ccc(CCC(C)=O)cc2F)c1. The Morgan fingerprint density at radius 2 is 2.00 bits per heavy atom. The number of aryl methyl sites for hydroxylation is 1. The van der Waals surface area contributed by atoms with E-state index in [1.54, 1.807) is 24.3 Å². The normalized spacial score (nSPS) is 10.0. The quantitative estimate of drug-likeness (QED) is 0.689. The zero-order valence-corrected chi connectivity index (χ0v) is 13.5. The Hall–Kier alpha value is -2.80. The summed E-state index contributed by atoms with van der Waals surface area (Å²) in [5.74, 6) is 2.88. The molecule has 0 heterocycles. The molecule has 4 heteroatoms. The molecule has 0 aliphatic heterocycles. The fourth-order valence-corrected chi connectivity index (χ4v) is 2.15. The minimum Gasteiger partial charge on any atom is -0.486 e. The van der Waals surface area contributed by atoms with E-state index in [1.165, 1.54) is 13.0 Å². The summed E-state index contributed by atoms with van der Waals surface area (Å²) in [5.41, 5.74) is 1.63. The van der Waals surface area contributed by atoms with Crippen LogP contribution in [0.2, 0.25) is 0 Å². The van der Waals surface area contributed by atoms with Crippen LogP contribution in [0.4, 0.5) is 4.39 Å². The first kappa shape index (κ1) is 17.6. The average Bonchev–Trinajstić information content (AvgIpc) is 2.57. The van der Waals surface area contributed by atoms with Gasteiger partial charge in [-0.1, -0.05) is 24.1 Å². The fraction of sp³-hybridized carbons (Fsp3) is 0.250. The van der Waals surface area contributed by atoms with E-state index in [-0.39, 0.29) is 24.7 Å². The Morgan fingerprint density at radius 1 is 1.17 bits per heavy atom. The molecule has 0 atom stereocenters. The first-order valence-corrected chi connectivity index (χ1v) is 7.64. The van der Waals surface area contributed by atoms with Crippen LogP contribution < -0.4 is 9.47 Å². The summed E-state index contributed by atoms with van der Waals surface area (Å²) in [7, 11) is 0. The lowest BCUT2D eigenvalue weighted by Gasteiger charge is -2.10. The molecule has 2 aromatic carbocycles. The average molecular weight is 326 g/mol. The predicted octanol–water partition coefficient (Wildman–Crippen LogP) is 3.94. The second kappa shape index (κ2) is 8.73. The third kappa shape index (κ3) is 5.44. The van der Waals surface area contributed by atoms with E-state index in [0.717, 1.165) is 11.1 Å². The highest BCUT2D eigenvalue weighted by molar-refractivity contribution is 5.75. The van der Waals surface area contributed by atoms with Gasteiger partial charge in [-0.3, -0.25) is 0 Å². The number of rotatable bonds is 8. The van der Waals surface area contributed by atoms with Crippen molar-refractivity contribution in [3.8, 4) is 23.8 Å². The Morgan fingerprint density at radius 3 is 2.71 bits per heavy atom. The zero-order chi connectivity index (χ0) is 17.4. The maximum absolute atomic E-state index is 14.1. The smallest absolute Gasteiger partial charge is 0.165 e. The lowest BCUT2D eigenvalue weighted by molar-refractivity contribution is -0.116. The number of ketones is 1. The molecule has 0 aliphatic carbocycles. The summed E-state index contributed by atoms with van der Waals surface area (Å²) in [6, 6.07) is 12.1. The molecular formula is C20H19FO3. The summed E-state index contributed by atoms with van der Waals surface area (Å²) in [5, 5.41) is 0. The second-order valence-electron chi connectivity index (χ2n) is 5.40. The van der Waals surface area contributed by atoms with Gasteiger partial charge in [0.25, 0.3) is 0 Å². The first-order valence-electron chi connectivity index (χ1n) is 7.64. The molecule has 24 heavy (non-hydrogen) atoms. The molecule has 0 radical (unpaired) electrons. The lowest BCUT2D eigenvalue weighted by atomic mass is 10.1. The molecule has 0 saturated carbocycles. The number of benzene rings is 2. The van der Waals surface area contributed by atoms with E-state index in [9.17, 15) is 9.18 Å². The van der Waals surface area contributed by atoms with Gasteiger partial charge in [-0.25, -0.2) is 4.39 Å². The number of hydrogen-bond acceptors (Lipinski definition) is 3. The molecule has 0 N–H and O–H groups in total. The van der Waals surface area contributed by atoms with Crippen LogP contribution in [0, 0.1) is 18.2 Å². The van der Waals surface area contributed by atoms with Crippen LogP contribution in [0.5, 0.6) is 11.5 Å². The summed E-state index contributed by atoms with van der Waals surface area (Å²) in [6.07, 6.45) is 6.09. The molecule has 0 saturated heterocycles. The van der Waals surface area contributed by atoms with Crippen molar-refractivity contribution in [1.82, 2.24) is 0 Å². The van der Waals surface area contributed by atoms with E-state index in [0.29, 0.717) is 18.6 Å². The maximum atomic E-state index is 14.1. The number of carbonyl (C=O) groups is 1. The Labute approximate surface area is 141 Å². The second-order valence-corrected chi connectivity index (χ2v) is 5.40. The van der Waals surface area contributed by atoms with Crippen molar-refractivity contribution in [1.29, 1.82) is 0 Å². The van der Waals surface area contributed by atoms with Crippen LogP contribution in [0.25, 0.3) is 0 Å². The van der Waals surface area contributed by atoms with Gasteiger partial charge < -0.3 is 14.3 Å². The van der Waals surface area contributed by atoms with Crippen molar-refractivity contribution in [3.05, 3.63) is 59.4 Å². The molecular weight excluding hydrogens is 307 g/mol. The molecule has 2 rings (SSSR count). The van der Waals surface area contributed by atoms with Crippen molar-refractivity contribution in [2.45, 2.75) is 26.4 Å². The molecule has 124 valence electrons. The van der Waals surface area contributed by atoms with Crippen molar-refractivity contribution in [2.75, 3.05) is 6.61 Å². The van der Waals surface area contributed by atoms with Gasteiger partial charge in [-0.15, -0.1) is 6.42 Å². The minimum atomic E-state index is -0.434. The third-order valence-corrected chi connectivity index (χ3v) is 3.38. The Bertz CT molecular complexity index is 747. The number of terminal acetylenes is 1. The summed E-state index contributed by atoms with van der Waals surface area (Å²) < 4.78 is 24.9. The monoisotopic (exact) mass is 326 g/mol. The van der Waals surface area contributed by atoms with Crippen LogP contribution in [-0.2, 0) is 17.8 Å². The number of hydrogen-bond donors (Lipinski definition) is 0. The summed E-state index contributed by atoms with van der Waals surface area (Å²) in [4.78, 5) is 11.0. The zero-order valence-electron chi connectivity index (χ0n) is 13.5. The largest absolute Gasteiger partial charge is 0.486 e. The summed E-state index contributed by atoms with van der Waals surface area (Å²) >= 11 is 0. The van der Waals surface area contributed by atoms with E-state index in [1.807, 2.05) is 12.1 Å². The fourth-order valence-electron chi connectivity index (χ4n) is 2.15. The number of Topliss-reactive ketones (excluding diaryl/α,β-unsaturated/α-hetero) is 1. The van der Waals surface area contributed by atoms with Gasteiger partial charge in [0.1, 0.15) is 24.7 Å². The van der Waals surface area contributed by atoms with E-state index < -0.39 is 5.82 Å². The molecule has 0 aliphatic rings. The van der Waals surface area contributed by atoms with Crippen molar-refractivity contribution >= 4 is 5.78 Å². The molecule has 0 aromatic heterocycles. The predicted molar refractivity (Wildman–Crippen MR) is 90.5 cm³/mol. The van der Waals surface area contributed by atoms with E-state index in [2.05, 4.69) is 5.92 Å². The molecule has 3 nitrogen and oxygen atoms in total. The number of carbonyl (C=O) groups excluding carboxylic acids is 1. The number of ether oxygens (including phenoxy) is 2. The van der Waals surface area contributed by atoms with Crippen LogP contribution in [0.15, 0.2) is 42.5 Å². The third-order valence-electron chi connectivity index (χ3n) is 3.38. The van der Waals surface area contributed by atoms with Gasteiger partial charge in [-0.05, 0) is 48.7 Å². The van der Waals surface area contributed by atoms with E-state index >= 15 is 0 Å². The van der Waals surface area contributed by atoms with Crippen LogP contribution in [0.3, 0.4) is 0 Å². The standard InChI is InChI=1S/C20H19FO3/c1-3-11-23-18-6-4-5-17(12-18)14-24-20-10-9-16(13-19(20)21)8-7-15(2)22/h1,4-6,9-10,12-13H,7-8,11,14H2,2H3. The topological polar surface area (TPSA) is 35.5 Å². The molecule has 0 fully saturated rings. The van der Waals surface area contributed by atoms with Crippen molar-refractivity contribution in [2.24, 2.45) is 0 Å². The van der Waals surface area contributed by atoms with Crippen molar-refractivity contribution < 1.29 is 18.7 Å². The van der Waals surface area contributed by atoms with Gasteiger partial charge in [0.05, 0.1) is 0 Å². The first-order chi connectivity index (χ1) is 11.6. The maximum Gasteiger partial charge on any atom is 0.165 e. The molecule has 2 aromatic rings. The highest BCUT2D eigenvalue weighted by atomic mass is 19.1. The number of halogens is 1. The molecule has 0 bridgehead atoms. The lowest BCUT2D eigenvalue weighted by Crippen LogP contribution is -2.00. The van der Waals surface area contributed by atoms with Gasteiger partial charge in [0.2, 0.25) is 0 Å². The van der Waals surface area contributed by atoms with Crippen LogP contribution in [0.1, 0.15) is 24.5 Å². The van der Waals surface area contributed by atoms with Gasteiger partial charge in [0.15, 0.2) is 11.6 Å².